The molecule has 0 aliphatic heterocycles. The topological polar surface area (TPSA) is 108 Å². The summed E-state index contributed by atoms with van der Waals surface area (Å²) in [4.78, 5) is 13.8. The normalized spacial score (nSPS) is 11.3. The maximum Gasteiger partial charge on any atom is 0.257 e. The van der Waals surface area contributed by atoms with E-state index in [1.165, 1.54) is 18.1 Å². The van der Waals surface area contributed by atoms with Crippen molar-refractivity contribution in [1.29, 1.82) is 0 Å². The third-order valence-electron chi connectivity index (χ3n) is 2.75. The number of methoxy groups -OCH3 is 1. The Labute approximate surface area is 117 Å². The number of nitrogens with two attached hydrogens (primary N) is 1. The minimum absolute atomic E-state index is 0.0394. The summed E-state index contributed by atoms with van der Waals surface area (Å²) in [5, 5.41) is 21.1. The molecule has 7 heteroatoms. The molecule has 0 saturated carbocycles. The minimum atomic E-state index is -0.328. The molecular formula is C13H19N3O4. The van der Waals surface area contributed by atoms with Gasteiger partial charge in [0.2, 0.25) is 0 Å². The molecular weight excluding hydrogens is 262 g/mol. The first-order chi connectivity index (χ1) is 9.60. The summed E-state index contributed by atoms with van der Waals surface area (Å²) in [6, 6.07) is 6.30. The van der Waals surface area contributed by atoms with Crippen molar-refractivity contribution < 1.29 is 19.8 Å². The summed E-state index contributed by atoms with van der Waals surface area (Å²) in [6.07, 6.45) is 0.236. The molecule has 0 aliphatic carbocycles. The Morgan fingerprint density at radius 1 is 1.40 bits per heavy atom. The highest BCUT2D eigenvalue weighted by atomic mass is 16.5. The molecule has 0 aromatic heterocycles. The number of aromatic hydroxyl groups is 1. The molecule has 0 spiro atoms. The molecule has 0 atom stereocenters. The lowest BCUT2D eigenvalue weighted by atomic mass is 10.1. The van der Waals surface area contributed by atoms with Crippen molar-refractivity contribution >= 4 is 11.7 Å². The first-order valence-electron chi connectivity index (χ1n) is 6.12. The maximum absolute atomic E-state index is 12.3. The number of hydrogen-bond acceptors (Lipinski definition) is 5. The van der Waals surface area contributed by atoms with Crippen molar-refractivity contribution in [3.63, 3.8) is 0 Å². The van der Waals surface area contributed by atoms with E-state index in [9.17, 15) is 9.90 Å². The largest absolute Gasteiger partial charge is 0.507 e. The molecule has 0 heterocycles. The van der Waals surface area contributed by atoms with E-state index in [2.05, 4.69) is 5.16 Å². The Morgan fingerprint density at radius 3 is 2.70 bits per heavy atom. The Balaban J connectivity index is 2.81. The molecule has 0 fully saturated rings. The Bertz CT molecular complexity index is 476. The molecule has 7 nitrogen and oxygen atoms in total. The SMILES string of the molecule is COCCN(CCC(N)=NO)C(=O)c1ccccc1O. The van der Waals surface area contributed by atoms with Gasteiger partial charge in [0, 0.05) is 26.6 Å². The first-order valence-corrected chi connectivity index (χ1v) is 6.12. The fourth-order valence-corrected chi connectivity index (χ4v) is 1.64. The lowest BCUT2D eigenvalue weighted by Gasteiger charge is -2.22. The fraction of sp³-hybridized carbons (Fsp3) is 0.385. The molecule has 20 heavy (non-hydrogen) atoms. The number of rotatable bonds is 7. The van der Waals surface area contributed by atoms with Crippen LogP contribution in [0.2, 0.25) is 0 Å². The van der Waals surface area contributed by atoms with Crippen LogP contribution in [0.5, 0.6) is 5.75 Å². The van der Waals surface area contributed by atoms with E-state index in [0.29, 0.717) is 13.2 Å². The van der Waals surface area contributed by atoms with E-state index in [4.69, 9.17) is 15.7 Å². The number of benzene rings is 1. The quantitative estimate of drug-likeness (QED) is 0.294. The average molecular weight is 281 g/mol. The van der Waals surface area contributed by atoms with Gasteiger partial charge in [-0.15, -0.1) is 0 Å². The highest BCUT2D eigenvalue weighted by molar-refractivity contribution is 5.97. The van der Waals surface area contributed by atoms with E-state index in [-0.39, 0.29) is 36.0 Å². The maximum atomic E-state index is 12.3. The van der Waals surface area contributed by atoms with Gasteiger partial charge in [0.25, 0.3) is 5.91 Å². The molecule has 0 saturated heterocycles. The van der Waals surface area contributed by atoms with Crippen molar-refractivity contribution in [2.24, 2.45) is 10.9 Å². The van der Waals surface area contributed by atoms with Gasteiger partial charge >= 0.3 is 0 Å². The molecule has 1 aromatic carbocycles. The summed E-state index contributed by atoms with van der Waals surface area (Å²) < 4.78 is 4.95. The molecule has 1 aromatic rings. The van der Waals surface area contributed by atoms with Crippen molar-refractivity contribution in [2.75, 3.05) is 26.8 Å². The monoisotopic (exact) mass is 281 g/mol. The summed E-state index contributed by atoms with van der Waals surface area (Å²) in [5.74, 6) is -0.368. The predicted octanol–water partition coefficient (Wildman–Crippen LogP) is 0.617. The first kappa shape index (κ1) is 15.8. The highest BCUT2D eigenvalue weighted by Gasteiger charge is 2.18. The predicted molar refractivity (Wildman–Crippen MR) is 73.9 cm³/mol. The fourth-order valence-electron chi connectivity index (χ4n) is 1.64. The minimum Gasteiger partial charge on any atom is -0.507 e. The number of amides is 1. The van der Waals surface area contributed by atoms with E-state index < -0.39 is 0 Å². The molecule has 0 unspecified atom stereocenters. The molecule has 110 valence electrons. The van der Waals surface area contributed by atoms with Crippen molar-refractivity contribution in [1.82, 2.24) is 4.90 Å². The van der Waals surface area contributed by atoms with Gasteiger partial charge in [-0.05, 0) is 12.1 Å². The van der Waals surface area contributed by atoms with Crippen LogP contribution in [-0.2, 0) is 4.74 Å². The Kier molecular flexibility index (Phi) is 6.31. The lowest BCUT2D eigenvalue weighted by Crippen LogP contribution is -2.36. The second-order valence-electron chi connectivity index (χ2n) is 4.14. The van der Waals surface area contributed by atoms with Crippen LogP contribution in [0.4, 0.5) is 0 Å². The average Bonchev–Trinajstić information content (AvgIpc) is 2.47. The van der Waals surface area contributed by atoms with Crippen LogP contribution in [0.3, 0.4) is 0 Å². The number of hydrogen-bond donors (Lipinski definition) is 3. The molecule has 1 rings (SSSR count). The van der Waals surface area contributed by atoms with Crippen molar-refractivity contribution in [2.45, 2.75) is 6.42 Å². The van der Waals surface area contributed by atoms with Gasteiger partial charge in [-0.1, -0.05) is 17.3 Å². The second kappa shape index (κ2) is 8.00. The number of para-hydroxylation sites is 1. The number of ether oxygens (including phenoxy) is 1. The smallest absolute Gasteiger partial charge is 0.257 e. The van der Waals surface area contributed by atoms with Gasteiger partial charge in [-0.2, -0.15) is 0 Å². The molecule has 0 bridgehead atoms. The summed E-state index contributed by atoms with van der Waals surface area (Å²) >= 11 is 0. The summed E-state index contributed by atoms with van der Waals surface area (Å²) in [6.45, 7) is 0.976. The molecule has 4 N–H and O–H groups in total. The van der Waals surface area contributed by atoms with Gasteiger partial charge in [0.05, 0.1) is 12.2 Å². The van der Waals surface area contributed by atoms with Crippen LogP contribution in [0, 0.1) is 0 Å². The number of carbonyl (C=O) groups is 1. The van der Waals surface area contributed by atoms with Crippen LogP contribution in [0.1, 0.15) is 16.8 Å². The van der Waals surface area contributed by atoms with Gasteiger partial charge in [0.15, 0.2) is 0 Å². The number of amidine groups is 1. The molecule has 1 amide bonds. The van der Waals surface area contributed by atoms with Crippen molar-refractivity contribution in [3.8, 4) is 5.75 Å². The van der Waals surface area contributed by atoms with Crippen molar-refractivity contribution in [3.05, 3.63) is 29.8 Å². The zero-order valence-electron chi connectivity index (χ0n) is 11.3. The van der Waals surface area contributed by atoms with Gasteiger partial charge in [-0.3, -0.25) is 4.79 Å². The van der Waals surface area contributed by atoms with Gasteiger partial charge in [0.1, 0.15) is 11.6 Å². The van der Waals surface area contributed by atoms with E-state index in [1.54, 1.807) is 18.2 Å². The van der Waals surface area contributed by atoms with Crippen LogP contribution in [-0.4, -0.2) is 53.8 Å². The van der Waals surface area contributed by atoms with Gasteiger partial charge < -0.3 is 25.7 Å². The Morgan fingerprint density at radius 2 is 2.10 bits per heavy atom. The zero-order valence-corrected chi connectivity index (χ0v) is 11.3. The number of phenolic OH excluding ortho intramolecular Hbond substituents is 1. The number of oxime groups is 1. The van der Waals surface area contributed by atoms with E-state index in [1.807, 2.05) is 0 Å². The summed E-state index contributed by atoms with van der Waals surface area (Å²) in [7, 11) is 1.53. The molecule has 0 radical (unpaired) electrons. The second-order valence-corrected chi connectivity index (χ2v) is 4.14. The van der Waals surface area contributed by atoms with Crippen LogP contribution >= 0.6 is 0 Å². The van der Waals surface area contributed by atoms with Gasteiger partial charge in [-0.25, -0.2) is 0 Å². The highest BCUT2D eigenvalue weighted by Crippen LogP contribution is 2.17. The molecule has 0 aliphatic rings. The van der Waals surface area contributed by atoms with Crippen LogP contribution < -0.4 is 5.73 Å². The number of phenols is 1. The lowest BCUT2D eigenvalue weighted by molar-refractivity contribution is 0.0697. The Hall–Kier alpha value is -2.28. The zero-order chi connectivity index (χ0) is 15.0. The van der Waals surface area contributed by atoms with Crippen LogP contribution in [0.25, 0.3) is 0 Å². The van der Waals surface area contributed by atoms with E-state index in [0.717, 1.165) is 0 Å². The number of carbonyl (C=O) groups excluding carboxylic acids is 1. The van der Waals surface area contributed by atoms with E-state index >= 15 is 0 Å². The summed E-state index contributed by atoms with van der Waals surface area (Å²) in [5.41, 5.74) is 5.61. The van der Waals surface area contributed by atoms with Crippen LogP contribution in [0.15, 0.2) is 29.4 Å². The standard InChI is InChI=1S/C13H19N3O4/c1-20-9-8-16(7-6-12(14)15-19)13(18)10-4-2-3-5-11(10)17/h2-5,17,19H,6-9H2,1H3,(H2,14,15). The third-order valence-corrected chi connectivity index (χ3v) is 2.75. The third kappa shape index (κ3) is 4.43. The number of nitrogens with zero attached hydrogens (tertiary/aromatic N) is 2.